The first-order chi connectivity index (χ1) is 7.27. The molecular formula is C13H19NO. The molecule has 0 saturated heterocycles. The summed E-state index contributed by atoms with van der Waals surface area (Å²) in [6.07, 6.45) is 0.569. The van der Waals surface area contributed by atoms with E-state index in [0.29, 0.717) is 0 Å². The van der Waals surface area contributed by atoms with Gasteiger partial charge in [-0.2, -0.15) is 0 Å². The third-order valence-corrected chi connectivity index (χ3v) is 3.37. The van der Waals surface area contributed by atoms with Crippen LogP contribution >= 0.6 is 0 Å². The van der Waals surface area contributed by atoms with Gasteiger partial charge in [0.05, 0.1) is 12.1 Å². The molecule has 1 aliphatic rings. The number of benzene rings is 1. The summed E-state index contributed by atoms with van der Waals surface area (Å²) in [5.41, 5.74) is 2.62. The average molecular weight is 205 g/mol. The van der Waals surface area contributed by atoms with E-state index in [2.05, 4.69) is 43.0 Å². The molecule has 0 aromatic heterocycles. The lowest BCUT2D eigenvalue weighted by Crippen LogP contribution is -2.33. The Bertz CT molecular complexity index is 333. The van der Waals surface area contributed by atoms with E-state index < -0.39 is 0 Å². The largest absolute Gasteiger partial charge is 0.391 e. The Hall–Kier alpha value is -0.860. The molecule has 0 spiro atoms. The van der Waals surface area contributed by atoms with E-state index in [4.69, 9.17) is 0 Å². The summed E-state index contributed by atoms with van der Waals surface area (Å²) in [5.74, 6) is 0. The Morgan fingerprint density at radius 1 is 1.27 bits per heavy atom. The van der Waals surface area contributed by atoms with Crippen LogP contribution in [0.4, 0.5) is 0 Å². The van der Waals surface area contributed by atoms with Crippen molar-refractivity contribution in [3.63, 3.8) is 0 Å². The van der Waals surface area contributed by atoms with Gasteiger partial charge in [-0.3, -0.25) is 4.90 Å². The van der Waals surface area contributed by atoms with Crippen LogP contribution in [0.15, 0.2) is 24.3 Å². The number of hydrogen-bond acceptors (Lipinski definition) is 2. The maximum absolute atomic E-state index is 10.1. The fourth-order valence-electron chi connectivity index (χ4n) is 2.61. The topological polar surface area (TPSA) is 23.5 Å². The molecule has 2 atom stereocenters. The predicted molar refractivity (Wildman–Crippen MR) is 61.8 cm³/mol. The maximum atomic E-state index is 10.1. The van der Waals surface area contributed by atoms with Crippen molar-refractivity contribution in [1.29, 1.82) is 0 Å². The smallest absolute Gasteiger partial charge is 0.0777 e. The molecule has 1 N–H and O–H groups in total. The molecule has 2 heteroatoms. The van der Waals surface area contributed by atoms with Crippen LogP contribution in [0.2, 0.25) is 0 Å². The fourth-order valence-corrected chi connectivity index (χ4v) is 2.61. The van der Waals surface area contributed by atoms with E-state index in [1.54, 1.807) is 0 Å². The molecule has 0 radical (unpaired) electrons. The third-order valence-electron chi connectivity index (χ3n) is 3.37. The summed E-state index contributed by atoms with van der Waals surface area (Å²) in [6, 6.07) is 8.59. The first kappa shape index (κ1) is 10.7. The van der Waals surface area contributed by atoms with Crippen LogP contribution in [0, 0.1) is 0 Å². The molecule has 0 fully saturated rings. The summed E-state index contributed by atoms with van der Waals surface area (Å²) in [6.45, 7) is 6.29. The molecule has 2 rings (SSSR count). The maximum Gasteiger partial charge on any atom is 0.0777 e. The van der Waals surface area contributed by atoms with E-state index >= 15 is 0 Å². The van der Waals surface area contributed by atoms with E-state index in [1.807, 2.05) is 0 Å². The van der Waals surface area contributed by atoms with Crippen molar-refractivity contribution in [3.8, 4) is 0 Å². The summed E-state index contributed by atoms with van der Waals surface area (Å²) in [5, 5.41) is 10.1. The summed E-state index contributed by atoms with van der Waals surface area (Å²) >= 11 is 0. The number of rotatable bonds is 3. The molecule has 0 unspecified atom stereocenters. The number of aliphatic hydroxyl groups is 1. The highest BCUT2D eigenvalue weighted by atomic mass is 16.3. The van der Waals surface area contributed by atoms with Crippen LogP contribution in [0.3, 0.4) is 0 Å². The zero-order valence-electron chi connectivity index (χ0n) is 9.48. The van der Waals surface area contributed by atoms with Gasteiger partial charge in [-0.25, -0.2) is 0 Å². The molecule has 2 nitrogen and oxygen atoms in total. The van der Waals surface area contributed by atoms with E-state index in [9.17, 15) is 5.11 Å². The van der Waals surface area contributed by atoms with Crippen LogP contribution in [-0.2, 0) is 6.42 Å². The number of hydrogen-bond donors (Lipinski definition) is 1. The molecule has 0 aliphatic heterocycles. The van der Waals surface area contributed by atoms with Crippen molar-refractivity contribution in [3.05, 3.63) is 35.4 Å². The SMILES string of the molecule is CCN(CC)[C@@H]1c2ccccc2C[C@@H]1O. The highest BCUT2D eigenvalue weighted by Gasteiger charge is 2.33. The highest BCUT2D eigenvalue weighted by molar-refractivity contribution is 5.36. The van der Waals surface area contributed by atoms with Crippen LogP contribution in [0.5, 0.6) is 0 Å². The Labute approximate surface area is 91.5 Å². The molecule has 0 saturated carbocycles. The lowest BCUT2D eigenvalue weighted by atomic mass is 10.1. The number of nitrogens with zero attached hydrogens (tertiary/aromatic N) is 1. The molecule has 0 bridgehead atoms. The molecule has 82 valence electrons. The van der Waals surface area contributed by atoms with E-state index in [0.717, 1.165) is 19.5 Å². The van der Waals surface area contributed by atoms with Gasteiger partial charge in [-0.15, -0.1) is 0 Å². The van der Waals surface area contributed by atoms with Crippen molar-refractivity contribution in [2.45, 2.75) is 32.4 Å². The van der Waals surface area contributed by atoms with Crippen LogP contribution in [0.25, 0.3) is 0 Å². The Balaban J connectivity index is 2.32. The normalized spacial score (nSPS) is 24.5. The zero-order valence-corrected chi connectivity index (χ0v) is 9.48. The van der Waals surface area contributed by atoms with Gasteiger partial charge < -0.3 is 5.11 Å². The van der Waals surface area contributed by atoms with Crippen molar-refractivity contribution in [1.82, 2.24) is 4.90 Å². The monoisotopic (exact) mass is 205 g/mol. The van der Waals surface area contributed by atoms with Gasteiger partial charge in [-0.05, 0) is 24.2 Å². The summed E-state index contributed by atoms with van der Waals surface area (Å²) < 4.78 is 0. The Kier molecular flexibility index (Phi) is 3.08. The highest BCUT2D eigenvalue weighted by Crippen LogP contribution is 2.35. The minimum Gasteiger partial charge on any atom is -0.391 e. The lowest BCUT2D eigenvalue weighted by Gasteiger charge is -2.29. The van der Waals surface area contributed by atoms with Crippen molar-refractivity contribution < 1.29 is 5.11 Å². The molecule has 1 aromatic carbocycles. The molecule has 1 aromatic rings. The third kappa shape index (κ3) is 1.80. The van der Waals surface area contributed by atoms with Crippen LogP contribution in [-0.4, -0.2) is 29.2 Å². The van der Waals surface area contributed by atoms with Crippen molar-refractivity contribution in [2.24, 2.45) is 0 Å². The van der Waals surface area contributed by atoms with E-state index in [1.165, 1.54) is 11.1 Å². The summed E-state index contributed by atoms with van der Waals surface area (Å²) in [7, 11) is 0. The lowest BCUT2D eigenvalue weighted by molar-refractivity contribution is 0.0672. The van der Waals surface area contributed by atoms with Gasteiger partial charge in [0.1, 0.15) is 0 Å². The minimum atomic E-state index is -0.234. The number of aliphatic hydroxyl groups excluding tert-OH is 1. The Morgan fingerprint density at radius 3 is 2.60 bits per heavy atom. The number of likely N-dealkylation sites (N-methyl/N-ethyl adjacent to an activating group) is 1. The van der Waals surface area contributed by atoms with Gasteiger partial charge in [0, 0.05) is 6.42 Å². The molecular weight excluding hydrogens is 186 g/mol. The quantitative estimate of drug-likeness (QED) is 0.815. The van der Waals surface area contributed by atoms with Crippen LogP contribution < -0.4 is 0 Å². The Morgan fingerprint density at radius 2 is 1.93 bits per heavy atom. The zero-order chi connectivity index (χ0) is 10.8. The standard InChI is InChI=1S/C13H19NO/c1-3-14(4-2)13-11-8-6-5-7-10(11)9-12(13)15/h5-8,12-13,15H,3-4,9H2,1-2H3/t12-,13+/m0/s1. The van der Waals surface area contributed by atoms with Gasteiger partial charge in [0.2, 0.25) is 0 Å². The van der Waals surface area contributed by atoms with Crippen LogP contribution in [0.1, 0.15) is 31.0 Å². The molecule has 15 heavy (non-hydrogen) atoms. The first-order valence-electron chi connectivity index (χ1n) is 5.77. The second kappa shape index (κ2) is 4.33. The predicted octanol–water partition coefficient (Wildman–Crippen LogP) is 1.99. The van der Waals surface area contributed by atoms with Gasteiger partial charge in [0.15, 0.2) is 0 Å². The average Bonchev–Trinajstić information content (AvgIpc) is 2.58. The van der Waals surface area contributed by atoms with Gasteiger partial charge in [-0.1, -0.05) is 38.1 Å². The van der Waals surface area contributed by atoms with Gasteiger partial charge in [0.25, 0.3) is 0 Å². The molecule has 0 amide bonds. The second-order valence-corrected chi connectivity index (χ2v) is 4.14. The van der Waals surface area contributed by atoms with Crippen molar-refractivity contribution >= 4 is 0 Å². The van der Waals surface area contributed by atoms with Crippen molar-refractivity contribution in [2.75, 3.05) is 13.1 Å². The molecule has 1 aliphatic carbocycles. The van der Waals surface area contributed by atoms with E-state index in [-0.39, 0.29) is 12.1 Å². The summed E-state index contributed by atoms with van der Waals surface area (Å²) in [4.78, 5) is 2.33. The molecule has 0 heterocycles. The first-order valence-corrected chi connectivity index (χ1v) is 5.77. The number of fused-ring (bicyclic) bond motifs is 1. The fraction of sp³-hybridized carbons (Fsp3) is 0.538. The van der Waals surface area contributed by atoms with Gasteiger partial charge >= 0.3 is 0 Å². The minimum absolute atomic E-state index is 0.205. The second-order valence-electron chi connectivity index (χ2n) is 4.14.